The minimum absolute atomic E-state index is 0.00330. The number of rotatable bonds is 7. The quantitative estimate of drug-likeness (QED) is 0.513. The molecule has 6 nitrogen and oxygen atoms in total. The Hall–Kier alpha value is -2.77. The SMILES string of the molecule is CCOc1ccc2nc(N(CC3CCCO3)C(=O)c3ccc(C(C)=O)cc3)sc2c1. The number of nitrogens with zero attached hydrogens (tertiary/aromatic N) is 2. The van der Waals surface area contributed by atoms with Crippen LogP contribution < -0.4 is 9.64 Å². The first-order chi connectivity index (χ1) is 14.5. The van der Waals surface area contributed by atoms with E-state index in [1.807, 2.05) is 25.1 Å². The molecule has 1 aromatic heterocycles. The molecule has 7 heteroatoms. The highest BCUT2D eigenvalue weighted by Crippen LogP contribution is 2.33. The van der Waals surface area contributed by atoms with Crippen molar-refractivity contribution in [1.29, 1.82) is 0 Å². The van der Waals surface area contributed by atoms with Crippen LogP contribution in [0.25, 0.3) is 10.2 Å². The number of hydrogen-bond donors (Lipinski definition) is 0. The van der Waals surface area contributed by atoms with Crippen molar-refractivity contribution >= 4 is 38.4 Å². The first-order valence-electron chi connectivity index (χ1n) is 10.1. The molecule has 30 heavy (non-hydrogen) atoms. The fraction of sp³-hybridized carbons (Fsp3) is 0.348. The highest BCUT2D eigenvalue weighted by Gasteiger charge is 2.27. The molecule has 2 heterocycles. The number of hydrogen-bond acceptors (Lipinski definition) is 6. The molecule has 3 aromatic rings. The maximum absolute atomic E-state index is 13.4. The van der Waals surface area contributed by atoms with Crippen molar-refractivity contribution in [2.75, 3.05) is 24.7 Å². The van der Waals surface area contributed by atoms with E-state index in [4.69, 9.17) is 14.5 Å². The highest BCUT2D eigenvalue weighted by molar-refractivity contribution is 7.22. The van der Waals surface area contributed by atoms with Gasteiger partial charge in [-0.2, -0.15) is 0 Å². The Labute approximate surface area is 179 Å². The van der Waals surface area contributed by atoms with Gasteiger partial charge in [0.05, 0.1) is 29.5 Å². The van der Waals surface area contributed by atoms with Crippen molar-refractivity contribution in [3.05, 3.63) is 53.6 Å². The first-order valence-corrected chi connectivity index (χ1v) is 10.9. The third-order valence-corrected chi connectivity index (χ3v) is 6.13. The lowest BCUT2D eigenvalue weighted by atomic mass is 10.1. The van der Waals surface area contributed by atoms with Gasteiger partial charge >= 0.3 is 0 Å². The van der Waals surface area contributed by atoms with E-state index in [9.17, 15) is 9.59 Å². The third kappa shape index (κ3) is 4.37. The summed E-state index contributed by atoms with van der Waals surface area (Å²) in [4.78, 5) is 31.3. The minimum Gasteiger partial charge on any atom is -0.494 e. The Bertz CT molecular complexity index is 1050. The third-order valence-electron chi connectivity index (χ3n) is 5.08. The van der Waals surface area contributed by atoms with Gasteiger partial charge in [0.25, 0.3) is 5.91 Å². The molecular formula is C23H24N2O4S. The number of ether oxygens (including phenoxy) is 2. The zero-order chi connectivity index (χ0) is 21.1. The van der Waals surface area contributed by atoms with Crippen molar-refractivity contribution < 1.29 is 19.1 Å². The summed E-state index contributed by atoms with van der Waals surface area (Å²) >= 11 is 1.46. The number of Topliss-reactive ketones (excluding diaryl/α,β-unsaturated/α-hetero) is 1. The molecule has 156 valence electrons. The summed E-state index contributed by atoms with van der Waals surface area (Å²) in [6.07, 6.45) is 1.92. The monoisotopic (exact) mass is 424 g/mol. The molecule has 1 saturated heterocycles. The summed E-state index contributed by atoms with van der Waals surface area (Å²) in [6.45, 7) is 5.22. The molecule has 2 aromatic carbocycles. The van der Waals surface area contributed by atoms with Crippen LogP contribution in [0.5, 0.6) is 5.75 Å². The molecule has 1 aliphatic rings. The number of ketones is 1. The van der Waals surface area contributed by atoms with Crippen LogP contribution in [0.4, 0.5) is 5.13 Å². The lowest BCUT2D eigenvalue weighted by Gasteiger charge is -2.23. The molecule has 4 rings (SSSR count). The molecule has 0 aliphatic carbocycles. The number of benzene rings is 2. The smallest absolute Gasteiger partial charge is 0.260 e. The number of thiazole rings is 1. The van der Waals surface area contributed by atoms with Gasteiger partial charge < -0.3 is 9.47 Å². The second-order valence-corrected chi connectivity index (χ2v) is 8.25. The van der Waals surface area contributed by atoms with Crippen LogP contribution in [-0.4, -0.2) is 42.5 Å². The number of amides is 1. The molecule has 0 saturated carbocycles. The van der Waals surface area contributed by atoms with E-state index in [0.29, 0.717) is 29.4 Å². The van der Waals surface area contributed by atoms with Gasteiger partial charge in [0.15, 0.2) is 10.9 Å². The fourth-order valence-corrected chi connectivity index (χ4v) is 4.51. The Balaban J connectivity index is 1.67. The van der Waals surface area contributed by atoms with Gasteiger partial charge in [0.2, 0.25) is 0 Å². The van der Waals surface area contributed by atoms with E-state index in [0.717, 1.165) is 35.4 Å². The number of carbonyl (C=O) groups is 2. The van der Waals surface area contributed by atoms with Crippen LogP contribution in [0.15, 0.2) is 42.5 Å². The summed E-state index contributed by atoms with van der Waals surface area (Å²) in [5.41, 5.74) is 1.93. The van der Waals surface area contributed by atoms with E-state index in [-0.39, 0.29) is 17.8 Å². The summed E-state index contributed by atoms with van der Waals surface area (Å²) in [6, 6.07) is 12.5. The van der Waals surface area contributed by atoms with Gasteiger partial charge in [-0.3, -0.25) is 14.5 Å². The fourth-order valence-electron chi connectivity index (χ4n) is 3.51. The molecule has 0 bridgehead atoms. The Kier molecular flexibility index (Phi) is 6.11. The predicted octanol–water partition coefficient (Wildman–Crippen LogP) is 4.72. The van der Waals surface area contributed by atoms with Crippen LogP contribution >= 0.6 is 11.3 Å². The summed E-state index contributed by atoms with van der Waals surface area (Å²) < 4.78 is 12.3. The van der Waals surface area contributed by atoms with E-state index >= 15 is 0 Å². The Morgan fingerprint density at radius 3 is 2.63 bits per heavy atom. The predicted molar refractivity (Wildman–Crippen MR) is 118 cm³/mol. The number of fused-ring (bicyclic) bond motifs is 1. The minimum atomic E-state index is -0.148. The largest absolute Gasteiger partial charge is 0.494 e. The average Bonchev–Trinajstić information content (AvgIpc) is 3.41. The molecule has 1 unspecified atom stereocenters. The van der Waals surface area contributed by atoms with E-state index in [1.165, 1.54) is 18.3 Å². The van der Waals surface area contributed by atoms with E-state index in [1.54, 1.807) is 29.2 Å². The van der Waals surface area contributed by atoms with Crippen molar-refractivity contribution in [2.24, 2.45) is 0 Å². The van der Waals surface area contributed by atoms with Crippen molar-refractivity contribution in [1.82, 2.24) is 4.98 Å². The Morgan fingerprint density at radius 1 is 1.20 bits per heavy atom. The maximum atomic E-state index is 13.4. The zero-order valence-electron chi connectivity index (χ0n) is 17.1. The maximum Gasteiger partial charge on any atom is 0.260 e. The highest BCUT2D eigenvalue weighted by atomic mass is 32.1. The zero-order valence-corrected chi connectivity index (χ0v) is 17.9. The van der Waals surface area contributed by atoms with E-state index in [2.05, 4.69) is 0 Å². The van der Waals surface area contributed by atoms with Gasteiger partial charge in [0.1, 0.15) is 5.75 Å². The van der Waals surface area contributed by atoms with Crippen LogP contribution in [0.1, 0.15) is 47.4 Å². The van der Waals surface area contributed by atoms with Crippen LogP contribution in [0.3, 0.4) is 0 Å². The Morgan fingerprint density at radius 2 is 1.97 bits per heavy atom. The van der Waals surface area contributed by atoms with Gasteiger partial charge in [0, 0.05) is 17.7 Å². The second kappa shape index (κ2) is 8.93. The van der Waals surface area contributed by atoms with Gasteiger partial charge in [-0.25, -0.2) is 4.98 Å². The van der Waals surface area contributed by atoms with Gasteiger partial charge in [-0.15, -0.1) is 0 Å². The van der Waals surface area contributed by atoms with Crippen LogP contribution in [-0.2, 0) is 4.74 Å². The molecule has 0 radical (unpaired) electrons. The summed E-state index contributed by atoms with van der Waals surface area (Å²) in [7, 11) is 0. The summed E-state index contributed by atoms with van der Waals surface area (Å²) in [5.74, 6) is 0.614. The number of anilines is 1. The molecule has 1 aliphatic heterocycles. The lowest BCUT2D eigenvalue weighted by molar-refractivity contribution is 0.0916. The molecule has 0 N–H and O–H groups in total. The first kappa shape index (κ1) is 20.5. The average molecular weight is 425 g/mol. The second-order valence-electron chi connectivity index (χ2n) is 7.24. The standard InChI is InChI=1S/C23H24N2O4S/c1-3-28-18-10-11-20-21(13-18)30-23(24-20)25(14-19-5-4-12-29-19)22(27)17-8-6-16(7-9-17)15(2)26/h6-11,13,19H,3-5,12,14H2,1-2H3. The normalized spacial score (nSPS) is 16.0. The number of aromatic nitrogens is 1. The molecule has 0 spiro atoms. The lowest BCUT2D eigenvalue weighted by Crippen LogP contribution is -2.37. The van der Waals surface area contributed by atoms with Crippen LogP contribution in [0, 0.1) is 0 Å². The van der Waals surface area contributed by atoms with Crippen molar-refractivity contribution in [2.45, 2.75) is 32.8 Å². The molecular weight excluding hydrogens is 400 g/mol. The number of carbonyl (C=O) groups excluding carboxylic acids is 2. The van der Waals surface area contributed by atoms with Crippen LogP contribution in [0.2, 0.25) is 0 Å². The topological polar surface area (TPSA) is 68.7 Å². The molecule has 1 atom stereocenters. The molecule has 1 fully saturated rings. The summed E-state index contributed by atoms with van der Waals surface area (Å²) in [5, 5.41) is 0.634. The van der Waals surface area contributed by atoms with Gasteiger partial charge in [-0.1, -0.05) is 23.5 Å². The van der Waals surface area contributed by atoms with E-state index < -0.39 is 0 Å². The van der Waals surface area contributed by atoms with Gasteiger partial charge in [-0.05, 0) is 57.0 Å². The van der Waals surface area contributed by atoms with Crippen molar-refractivity contribution in [3.63, 3.8) is 0 Å². The van der Waals surface area contributed by atoms with Crippen molar-refractivity contribution in [3.8, 4) is 5.75 Å². The molecule has 1 amide bonds.